The average Bonchev–Trinajstić information content (AvgIpc) is 2.77. The normalized spacial score (nSPS) is 9.87. The number of nitriles is 2. The van der Waals surface area contributed by atoms with Gasteiger partial charge in [-0.05, 0) is 62.4 Å². The SMILES string of the molecule is CCOc1ccc(Nc2nc(C#N)c(C#N)nc2Nc2ccc(OCC)cc2)cc1. The van der Waals surface area contributed by atoms with Crippen LogP contribution in [0, 0.1) is 22.7 Å². The second-order valence-corrected chi connectivity index (χ2v) is 6.01. The van der Waals surface area contributed by atoms with E-state index in [2.05, 4.69) is 20.6 Å². The molecule has 30 heavy (non-hydrogen) atoms. The van der Waals surface area contributed by atoms with Crippen LogP contribution in [-0.4, -0.2) is 23.2 Å². The first kappa shape index (κ1) is 20.4. The molecule has 0 atom stereocenters. The maximum atomic E-state index is 9.31. The van der Waals surface area contributed by atoms with E-state index in [0.717, 1.165) is 22.9 Å². The second-order valence-electron chi connectivity index (χ2n) is 6.01. The van der Waals surface area contributed by atoms with Gasteiger partial charge < -0.3 is 20.1 Å². The highest BCUT2D eigenvalue weighted by Gasteiger charge is 2.14. The number of nitrogens with one attached hydrogen (secondary N) is 2. The summed E-state index contributed by atoms with van der Waals surface area (Å²) < 4.78 is 10.9. The third-order valence-electron chi connectivity index (χ3n) is 3.96. The molecule has 0 radical (unpaired) electrons. The Hall–Kier alpha value is -4.30. The smallest absolute Gasteiger partial charge is 0.179 e. The Kier molecular flexibility index (Phi) is 6.65. The first-order chi connectivity index (χ1) is 14.7. The molecule has 0 amide bonds. The molecule has 2 aromatic carbocycles. The third-order valence-corrected chi connectivity index (χ3v) is 3.96. The van der Waals surface area contributed by atoms with Gasteiger partial charge >= 0.3 is 0 Å². The summed E-state index contributed by atoms with van der Waals surface area (Å²) in [6.07, 6.45) is 0. The number of benzene rings is 2. The van der Waals surface area contributed by atoms with Crippen molar-refractivity contribution in [2.75, 3.05) is 23.8 Å². The van der Waals surface area contributed by atoms with Crippen molar-refractivity contribution in [1.29, 1.82) is 10.5 Å². The van der Waals surface area contributed by atoms with Crippen molar-refractivity contribution in [1.82, 2.24) is 9.97 Å². The van der Waals surface area contributed by atoms with Gasteiger partial charge in [-0.1, -0.05) is 0 Å². The molecular formula is C22H20N6O2. The number of hydrogen-bond acceptors (Lipinski definition) is 8. The monoisotopic (exact) mass is 400 g/mol. The van der Waals surface area contributed by atoms with E-state index in [1.54, 1.807) is 0 Å². The summed E-state index contributed by atoms with van der Waals surface area (Å²) in [6, 6.07) is 18.5. The van der Waals surface area contributed by atoms with Gasteiger partial charge in [0.1, 0.15) is 23.6 Å². The molecule has 0 saturated heterocycles. The predicted octanol–water partition coefficient (Wildman–Crippen LogP) is 4.50. The highest BCUT2D eigenvalue weighted by Crippen LogP contribution is 2.28. The van der Waals surface area contributed by atoms with E-state index >= 15 is 0 Å². The van der Waals surface area contributed by atoms with Crippen LogP contribution in [0.25, 0.3) is 0 Å². The van der Waals surface area contributed by atoms with Crippen molar-refractivity contribution in [3.63, 3.8) is 0 Å². The molecule has 8 heteroatoms. The fourth-order valence-corrected chi connectivity index (χ4v) is 2.64. The first-order valence-electron chi connectivity index (χ1n) is 9.38. The Bertz CT molecular complexity index is 994. The van der Waals surface area contributed by atoms with Crippen LogP contribution >= 0.6 is 0 Å². The molecule has 2 N–H and O–H groups in total. The maximum Gasteiger partial charge on any atom is 0.179 e. The van der Waals surface area contributed by atoms with Crippen LogP contribution in [0.3, 0.4) is 0 Å². The Balaban J connectivity index is 1.92. The Morgan fingerprint density at radius 2 is 1.07 bits per heavy atom. The number of aromatic nitrogens is 2. The molecule has 0 saturated carbocycles. The molecule has 8 nitrogen and oxygen atoms in total. The molecule has 0 spiro atoms. The summed E-state index contributed by atoms with van der Waals surface area (Å²) in [5.74, 6) is 2.14. The molecule has 0 bridgehead atoms. The Morgan fingerprint density at radius 3 is 1.37 bits per heavy atom. The lowest BCUT2D eigenvalue weighted by Crippen LogP contribution is -2.06. The summed E-state index contributed by atoms with van der Waals surface area (Å²) in [7, 11) is 0. The van der Waals surface area contributed by atoms with Crippen molar-refractivity contribution in [2.24, 2.45) is 0 Å². The van der Waals surface area contributed by atoms with E-state index in [9.17, 15) is 10.5 Å². The molecule has 0 aliphatic carbocycles. The quantitative estimate of drug-likeness (QED) is 0.567. The second kappa shape index (κ2) is 9.76. The lowest BCUT2D eigenvalue weighted by Gasteiger charge is -2.14. The summed E-state index contributed by atoms with van der Waals surface area (Å²) in [5, 5.41) is 24.9. The van der Waals surface area contributed by atoms with Gasteiger partial charge in [-0.15, -0.1) is 0 Å². The van der Waals surface area contributed by atoms with Crippen molar-refractivity contribution in [3.8, 4) is 23.6 Å². The van der Waals surface area contributed by atoms with E-state index in [0.29, 0.717) is 24.8 Å². The minimum absolute atomic E-state index is 0.0526. The molecule has 0 aliphatic rings. The molecule has 150 valence electrons. The number of ether oxygens (including phenoxy) is 2. The van der Waals surface area contributed by atoms with Crippen LogP contribution in [0.1, 0.15) is 25.2 Å². The van der Waals surface area contributed by atoms with E-state index in [4.69, 9.17) is 9.47 Å². The van der Waals surface area contributed by atoms with Crippen molar-refractivity contribution in [3.05, 3.63) is 59.9 Å². The third kappa shape index (κ3) is 4.94. The van der Waals surface area contributed by atoms with Crippen LogP contribution in [0.2, 0.25) is 0 Å². The number of nitrogens with zero attached hydrogens (tertiary/aromatic N) is 4. The van der Waals surface area contributed by atoms with Crippen molar-refractivity contribution < 1.29 is 9.47 Å². The fourth-order valence-electron chi connectivity index (χ4n) is 2.64. The maximum absolute atomic E-state index is 9.31. The molecule has 1 heterocycles. The zero-order chi connectivity index (χ0) is 21.3. The van der Waals surface area contributed by atoms with E-state index in [-0.39, 0.29) is 11.4 Å². The lowest BCUT2D eigenvalue weighted by molar-refractivity contribution is 0.340. The van der Waals surface area contributed by atoms with Crippen molar-refractivity contribution >= 4 is 23.0 Å². The summed E-state index contributed by atoms with van der Waals surface area (Å²) in [4.78, 5) is 8.57. The van der Waals surface area contributed by atoms with Crippen LogP contribution in [-0.2, 0) is 0 Å². The van der Waals surface area contributed by atoms with Gasteiger partial charge in [-0.2, -0.15) is 10.5 Å². The lowest BCUT2D eigenvalue weighted by atomic mass is 10.2. The zero-order valence-electron chi connectivity index (χ0n) is 16.6. The summed E-state index contributed by atoms with van der Waals surface area (Å²) >= 11 is 0. The van der Waals surface area contributed by atoms with Crippen LogP contribution in [0.15, 0.2) is 48.5 Å². The predicted molar refractivity (Wildman–Crippen MR) is 113 cm³/mol. The van der Waals surface area contributed by atoms with Gasteiger partial charge in [0, 0.05) is 11.4 Å². The van der Waals surface area contributed by atoms with Gasteiger partial charge in [-0.25, -0.2) is 9.97 Å². The van der Waals surface area contributed by atoms with E-state index in [1.807, 2.05) is 74.5 Å². The Labute approximate surface area is 174 Å². The number of hydrogen-bond donors (Lipinski definition) is 2. The first-order valence-corrected chi connectivity index (χ1v) is 9.38. The fraction of sp³-hybridized carbons (Fsp3) is 0.182. The van der Waals surface area contributed by atoms with Gasteiger partial charge in [0.15, 0.2) is 23.0 Å². The summed E-state index contributed by atoms with van der Waals surface area (Å²) in [6.45, 7) is 4.99. The van der Waals surface area contributed by atoms with Crippen molar-refractivity contribution in [2.45, 2.75) is 13.8 Å². The van der Waals surface area contributed by atoms with Gasteiger partial charge in [0.25, 0.3) is 0 Å². The summed E-state index contributed by atoms with van der Waals surface area (Å²) in [5.41, 5.74) is 1.36. The largest absolute Gasteiger partial charge is 0.494 e. The standard InChI is InChI=1S/C22H20N6O2/c1-3-29-17-9-5-15(6-10-17)25-21-22(28-20(14-24)19(13-23)27-21)26-16-7-11-18(12-8-16)30-4-2/h5-12H,3-4H2,1-2H3,(H,25,27)(H,26,28). The average molecular weight is 400 g/mol. The molecule has 0 aliphatic heterocycles. The Morgan fingerprint density at radius 1 is 0.700 bits per heavy atom. The molecule has 1 aromatic heterocycles. The number of anilines is 4. The number of rotatable bonds is 8. The molecule has 3 aromatic rings. The highest BCUT2D eigenvalue weighted by atomic mass is 16.5. The van der Waals surface area contributed by atoms with E-state index in [1.165, 1.54) is 0 Å². The molecular weight excluding hydrogens is 380 g/mol. The molecule has 3 rings (SSSR count). The molecule has 0 unspecified atom stereocenters. The minimum Gasteiger partial charge on any atom is -0.494 e. The van der Waals surface area contributed by atoms with Gasteiger partial charge in [-0.3, -0.25) is 0 Å². The van der Waals surface area contributed by atoms with Crippen LogP contribution in [0.5, 0.6) is 11.5 Å². The van der Waals surface area contributed by atoms with E-state index < -0.39 is 0 Å². The topological polar surface area (TPSA) is 116 Å². The zero-order valence-corrected chi connectivity index (χ0v) is 16.6. The van der Waals surface area contributed by atoms with Crippen LogP contribution < -0.4 is 20.1 Å². The highest BCUT2D eigenvalue weighted by molar-refractivity contribution is 5.73. The minimum atomic E-state index is -0.0526. The van der Waals surface area contributed by atoms with Crippen LogP contribution in [0.4, 0.5) is 23.0 Å². The van der Waals surface area contributed by atoms with Gasteiger partial charge in [0.2, 0.25) is 0 Å². The van der Waals surface area contributed by atoms with Gasteiger partial charge in [0.05, 0.1) is 13.2 Å². The molecule has 0 fully saturated rings.